The number of carbonyl (C=O) groups excluding carboxylic acids is 1. The van der Waals surface area contributed by atoms with Gasteiger partial charge in [-0.15, -0.1) is 0 Å². The summed E-state index contributed by atoms with van der Waals surface area (Å²) in [6, 6.07) is 3.21. The molecule has 0 aromatic carbocycles. The van der Waals surface area contributed by atoms with Crippen LogP contribution in [0, 0.1) is 0 Å². The highest BCUT2D eigenvalue weighted by atomic mass is 79.9. The molecular formula is C10H12BrNO4. The van der Waals surface area contributed by atoms with E-state index in [4.69, 9.17) is 9.15 Å². The maximum absolute atomic E-state index is 11.6. The number of hydrogen-bond acceptors (Lipinski definition) is 4. The third-order valence-electron chi connectivity index (χ3n) is 2.46. The second-order valence-corrected chi connectivity index (χ2v) is 4.59. The maximum Gasteiger partial charge on any atom is 0.287 e. The molecule has 2 N–H and O–H groups in total. The molecule has 5 nitrogen and oxygen atoms in total. The summed E-state index contributed by atoms with van der Waals surface area (Å²) in [6.45, 7) is 0.956. The Bertz CT molecular complexity index is 384. The number of halogens is 1. The van der Waals surface area contributed by atoms with Gasteiger partial charge in [-0.05, 0) is 28.1 Å². The van der Waals surface area contributed by atoms with Gasteiger partial charge in [0.25, 0.3) is 5.91 Å². The van der Waals surface area contributed by atoms with E-state index in [1.807, 2.05) is 0 Å². The summed E-state index contributed by atoms with van der Waals surface area (Å²) in [5.41, 5.74) is -0.945. The lowest BCUT2D eigenvalue weighted by molar-refractivity contribution is 0.0261. The molecule has 6 heteroatoms. The van der Waals surface area contributed by atoms with Crippen LogP contribution in [0.4, 0.5) is 0 Å². The quantitative estimate of drug-likeness (QED) is 0.868. The minimum atomic E-state index is -0.945. The number of furan rings is 1. The number of ether oxygens (including phenoxy) is 1. The van der Waals surface area contributed by atoms with E-state index in [0.717, 1.165) is 0 Å². The second kappa shape index (κ2) is 4.57. The van der Waals surface area contributed by atoms with Crippen LogP contribution >= 0.6 is 15.9 Å². The fourth-order valence-corrected chi connectivity index (χ4v) is 1.81. The molecule has 1 saturated heterocycles. The van der Waals surface area contributed by atoms with Crippen LogP contribution in [0.1, 0.15) is 17.0 Å². The first-order chi connectivity index (χ1) is 7.59. The summed E-state index contributed by atoms with van der Waals surface area (Å²) in [5.74, 6) is -0.125. The second-order valence-electron chi connectivity index (χ2n) is 3.81. The molecule has 1 amide bonds. The summed E-state index contributed by atoms with van der Waals surface area (Å²) in [5, 5.41) is 12.5. The molecule has 1 aliphatic rings. The first-order valence-electron chi connectivity index (χ1n) is 4.93. The molecule has 88 valence electrons. The van der Waals surface area contributed by atoms with Crippen LogP contribution in [0.5, 0.6) is 0 Å². The Labute approximate surface area is 101 Å². The van der Waals surface area contributed by atoms with Crippen molar-refractivity contribution in [2.75, 3.05) is 19.8 Å². The van der Waals surface area contributed by atoms with Crippen molar-refractivity contribution in [3.05, 3.63) is 22.6 Å². The van der Waals surface area contributed by atoms with E-state index >= 15 is 0 Å². The first kappa shape index (κ1) is 11.6. The third-order valence-corrected chi connectivity index (χ3v) is 2.88. The molecule has 1 aromatic rings. The van der Waals surface area contributed by atoms with Gasteiger partial charge in [0.15, 0.2) is 10.4 Å². The molecule has 0 aliphatic carbocycles. The van der Waals surface area contributed by atoms with Gasteiger partial charge in [0.1, 0.15) is 5.60 Å². The normalized spacial score (nSPS) is 24.6. The highest BCUT2D eigenvalue weighted by molar-refractivity contribution is 9.10. The van der Waals surface area contributed by atoms with Crippen LogP contribution in [-0.4, -0.2) is 36.4 Å². The van der Waals surface area contributed by atoms with Crippen molar-refractivity contribution in [3.8, 4) is 0 Å². The number of amides is 1. The van der Waals surface area contributed by atoms with Gasteiger partial charge in [-0.3, -0.25) is 4.79 Å². The minimum absolute atomic E-state index is 0.171. The first-order valence-corrected chi connectivity index (χ1v) is 5.72. The highest BCUT2D eigenvalue weighted by Crippen LogP contribution is 2.18. The molecule has 2 rings (SSSR count). The molecule has 0 unspecified atom stereocenters. The Balaban J connectivity index is 1.88. The molecule has 1 aromatic heterocycles. The SMILES string of the molecule is O=C(NC[C@]1(O)CCOC1)c1ccc(Br)o1. The molecule has 0 saturated carbocycles. The van der Waals surface area contributed by atoms with Gasteiger partial charge in [-0.1, -0.05) is 0 Å². The van der Waals surface area contributed by atoms with E-state index in [9.17, 15) is 9.90 Å². The number of carbonyl (C=O) groups is 1. The fraction of sp³-hybridized carbons (Fsp3) is 0.500. The van der Waals surface area contributed by atoms with Gasteiger partial charge in [0, 0.05) is 19.6 Å². The Morgan fingerprint density at radius 3 is 3.00 bits per heavy atom. The number of aliphatic hydroxyl groups is 1. The lowest BCUT2D eigenvalue weighted by Crippen LogP contribution is -2.43. The molecule has 1 atom stereocenters. The predicted molar refractivity (Wildman–Crippen MR) is 59.1 cm³/mol. The largest absolute Gasteiger partial charge is 0.444 e. The minimum Gasteiger partial charge on any atom is -0.444 e. The smallest absolute Gasteiger partial charge is 0.287 e. The Morgan fingerprint density at radius 2 is 2.44 bits per heavy atom. The van der Waals surface area contributed by atoms with Gasteiger partial charge in [-0.25, -0.2) is 0 Å². The van der Waals surface area contributed by atoms with Crippen LogP contribution < -0.4 is 5.32 Å². The standard InChI is InChI=1S/C10H12BrNO4/c11-8-2-1-7(16-8)9(13)12-5-10(14)3-4-15-6-10/h1-2,14H,3-6H2,(H,12,13)/t10-/m1/s1. The van der Waals surface area contributed by atoms with Gasteiger partial charge < -0.3 is 19.6 Å². The molecule has 16 heavy (non-hydrogen) atoms. The lowest BCUT2D eigenvalue weighted by Gasteiger charge is -2.20. The third kappa shape index (κ3) is 2.63. The van der Waals surface area contributed by atoms with Crippen molar-refractivity contribution in [2.24, 2.45) is 0 Å². The maximum atomic E-state index is 11.6. The zero-order valence-corrected chi connectivity index (χ0v) is 10.1. The molecule has 1 fully saturated rings. The van der Waals surface area contributed by atoms with Crippen molar-refractivity contribution in [3.63, 3.8) is 0 Å². The molecule has 1 aliphatic heterocycles. The van der Waals surface area contributed by atoms with E-state index < -0.39 is 5.60 Å². The van der Waals surface area contributed by atoms with Crippen LogP contribution in [-0.2, 0) is 4.74 Å². The van der Waals surface area contributed by atoms with Crippen LogP contribution in [0.2, 0.25) is 0 Å². The average Bonchev–Trinajstić information content (AvgIpc) is 2.85. The molecule has 0 spiro atoms. The van der Waals surface area contributed by atoms with Crippen molar-refractivity contribution >= 4 is 21.8 Å². The Kier molecular flexibility index (Phi) is 3.32. The van der Waals surface area contributed by atoms with E-state index in [-0.39, 0.29) is 24.8 Å². The van der Waals surface area contributed by atoms with Gasteiger partial charge in [0.2, 0.25) is 0 Å². The number of nitrogens with one attached hydrogen (secondary N) is 1. The zero-order chi connectivity index (χ0) is 11.6. The molecular weight excluding hydrogens is 278 g/mol. The summed E-state index contributed by atoms with van der Waals surface area (Å²) < 4.78 is 10.7. The summed E-state index contributed by atoms with van der Waals surface area (Å²) >= 11 is 3.11. The Hall–Kier alpha value is -0.850. The molecule has 0 radical (unpaired) electrons. The van der Waals surface area contributed by atoms with Crippen molar-refractivity contribution < 1.29 is 19.1 Å². The summed E-state index contributed by atoms with van der Waals surface area (Å²) in [7, 11) is 0. The zero-order valence-electron chi connectivity index (χ0n) is 8.53. The van der Waals surface area contributed by atoms with Crippen LogP contribution in [0.3, 0.4) is 0 Å². The van der Waals surface area contributed by atoms with Crippen molar-refractivity contribution in [1.82, 2.24) is 5.32 Å². The molecule has 2 heterocycles. The van der Waals surface area contributed by atoms with Gasteiger partial charge in [0.05, 0.1) is 6.61 Å². The predicted octanol–water partition coefficient (Wildman–Crippen LogP) is 0.923. The topological polar surface area (TPSA) is 71.7 Å². The monoisotopic (exact) mass is 289 g/mol. The van der Waals surface area contributed by atoms with Crippen LogP contribution in [0.25, 0.3) is 0 Å². The van der Waals surface area contributed by atoms with Crippen molar-refractivity contribution in [1.29, 1.82) is 0 Å². The molecule has 0 bridgehead atoms. The summed E-state index contributed by atoms with van der Waals surface area (Å²) in [6.07, 6.45) is 0.537. The number of hydrogen-bond donors (Lipinski definition) is 2. The lowest BCUT2D eigenvalue weighted by atomic mass is 10.0. The van der Waals surface area contributed by atoms with Gasteiger partial charge in [-0.2, -0.15) is 0 Å². The van der Waals surface area contributed by atoms with E-state index in [0.29, 0.717) is 17.7 Å². The van der Waals surface area contributed by atoms with E-state index in [1.54, 1.807) is 12.1 Å². The Morgan fingerprint density at radius 1 is 1.62 bits per heavy atom. The van der Waals surface area contributed by atoms with Crippen molar-refractivity contribution in [2.45, 2.75) is 12.0 Å². The van der Waals surface area contributed by atoms with Gasteiger partial charge >= 0.3 is 0 Å². The highest BCUT2D eigenvalue weighted by Gasteiger charge is 2.32. The average molecular weight is 290 g/mol. The number of rotatable bonds is 3. The van der Waals surface area contributed by atoms with Crippen LogP contribution in [0.15, 0.2) is 21.2 Å². The fourth-order valence-electron chi connectivity index (χ4n) is 1.50. The van der Waals surface area contributed by atoms with E-state index in [1.165, 1.54) is 0 Å². The summed E-state index contributed by atoms with van der Waals surface area (Å²) in [4.78, 5) is 11.6. The van der Waals surface area contributed by atoms with E-state index in [2.05, 4.69) is 21.2 Å².